The summed E-state index contributed by atoms with van der Waals surface area (Å²) in [7, 11) is 1.34. The van der Waals surface area contributed by atoms with Crippen molar-refractivity contribution >= 4 is 18.0 Å². The molecule has 0 spiro atoms. The molecule has 124 valence electrons. The third-order valence-corrected chi connectivity index (χ3v) is 3.43. The van der Waals surface area contributed by atoms with Crippen molar-refractivity contribution in [3.63, 3.8) is 0 Å². The van der Waals surface area contributed by atoms with Crippen molar-refractivity contribution in [2.45, 2.75) is 19.4 Å². The smallest absolute Gasteiger partial charge is 0.337 e. The molecule has 0 aliphatic heterocycles. The fraction of sp³-hybridized carbons (Fsp3) is 0.200. The van der Waals surface area contributed by atoms with Gasteiger partial charge in [-0.05, 0) is 36.3 Å². The second kappa shape index (κ2) is 8.67. The Morgan fingerprint density at radius 1 is 1.04 bits per heavy atom. The molecule has 0 saturated heterocycles. The summed E-state index contributed by atoms with van der Waals surface area (Å²) in [4.78, 5) is 23.2. The summed E-state index contributed by atoms with van der Waals surface area (Å²) in [5.41, 5.74) is 2.39. The lowest BCUT2D eigenvalue weighted by molar-refractivity contribution is -0.141. The fourth-order valence-corrected chi connectivity index (χ4v) is 2.24. The summed E-state index contributed by atoms with van der Waals surface area (Å²) in [6.07, 6.45) is 3.51. The average molecular weight is 324 g/mol. The van der Waals surface area contributed by atoms with Gasteiger partial charge >= 0.3 is 11.9 Å². The molecular weight excluding hydrogens is 304 g/mol. The van der Waals surface area contributed by atoms with Gasteiger partial charge in [-0.3, -0.25) is 0 Å². The maximum Gasteiger partial charge on any atom is 0.337 e. The minimum Gasteiger partial charge on any atom is -0.465 e. The van der Waals surface area contributed by atoms with Crippen LogP contribution in [0.4, 0.5) is 0 Å². The molecule has 4 heteroatoms. The molecule has 0 aromatic heterocycles. The molecule has 4 nitrogen and oxygen atoms in total. The second-order valence-electron chi connectivity index (χ2n) is 5.38. The van der Waals surface area contributed by atoms with Gasteiger partial charge in [0.2, 0.25) is 0 Å². The first kappa shape index (κ1) is 17.5. The molecule has 1 unspecified atom stereocenters. The molecule has 0 aliphatic carbocycles. The Kier molecular flexibility index (Phi) is 6.32. The highest BCUT2D eigenvalue weighted by molar-refractivity contribution is 5.90. The van der Waals surface area contributed by atoms with Crippen LogP contribution in [0, 0.1) is 0 Å². The normalized spacial score (nSPS) is 11.9. The summed E-state index contributed by atoms with van der Waals surface area (Å²) in [5.74, 6) is -0.782. The van der Waals surface area contributed by atoms with Crippen LogP contribution in [-0.4, -0.2) is 25.2 Å². The van der Waals surface area contributed by atoms with E-state index >= 15 is 0 Å². The number of ether oxygens (including phenoxy) is 2. The number of rotatable bonds is 6. The number of methoxy groups -OCH3 is 1. The van der Waals surface area contributed by atoms with Gasteiger partial charge in [0.25, 0.3) is 0 Å². The van der Waals surface area contributed by atoms with E-state index in [1.807, 2.05) is 37.3 Å². The topological polar surface area (TPSA) is 52.6 Å². The van der Waals surface area contributed by atoms with Crippen LogP contribution in [0.3, 0.4) is 0 Å². The van der Waals surface area contributed by atoms with E-state index < -0.39 is 5.97 Å². The van der Waals surface area contributed by atoms with Gasteiger partial charge in [-0.15, -0.1) is 0 Å². The molecule has 24 heavy (non-hydrogen) atoms. The summed E-state index contributed by atoms with van der Waals surface area (Å²) in [6.45, 7) is 1.86. The van der Waals surface area contributed by atoms with E-state index in [1.54, 1.807) is 30.3 Å². The predicted octanol–water partition coefficient (Wildman–Crippen LogP) is 3.66. The van der Waals surface area contributed by atoms with Crippen LogP contribution < -0.4 is 0 Å². The second-order valence-corrected chi connectivity index (χ2v) is 5.38. The van der Waals surface area contributed by atoms with Crippen LogP contribution >= 0.6 is 0 Å². The summed E-state index contributed by atoms with van der Waals surface area (Å²) in [6, 6.07) is 16.7. The number of benzene rings is 2. The number of carbonyl (C=O) groups excluding carboxylic acids is 2. The first-order chi connectivity index (χ1) is 11.6. The Hall–Kier alpha value is -2.88. The van der Waals surface area contributed by atoms with Crippen molar-refractivity contribution in [1.82, 2.24) is 0 Å². The predicted molar refractivity (Wildman–Crippen MR) is 92.5 cm³/mol. The maximum absolute atomic E-state index is 11.9. The molecule has 0 saturated carbocycles. The Morgan fingerprint density at radius 3 is 2.33 bits per heavy atom. The highest BCUT2D eigenvalue weighted by atomic mass is 16.5. The first-order valence-electron chi connectivity index (χ1n) is 7.69. The third-order valence-electron chi connectivity index (χ3n) is 3.43. The van der Waals surface area contributed by atoms with E-state index in [0.29, 0.717) is 12.0 Å². The van der Waals surface area contributed by atoms with E-state index in [2.05, 4.69) is 4.74 Å². The highest BCUT2D eigenvalue weighted by Gasteiger charge is 2.08. The van der Waals surface area contributed by atoms with E-state index in [-0.39, 0.29) is 12.1 Å². The van der Waals surface area contributed by atoms with Crippen molar-refractivity contribution in [1.29, 1.82) is 0 Å². The molecule has 0 radical (unpaired) electrons. The monoisotopic (exact) mass is 324 g/mol. The molecular formula is C20H20O4. The Balaban J connectivity index is 1.87. The van der Waals surface area contributed by atoms with Crippen molar-refractivity contribution < 1.29 is 19.1 Å². The fourth-order valence-electron chi connectivity index (χ4n) is 2.24. The van der Waals surface area contributed by atoms with E-state index in [0.717, 1.165) is 11.1 Å². The van der Waals surface area contributed by atoms with Crippen molar-refractivity contribution in [2.24, 2.45) is 0 Å². The zero-order valence-electron chi connectivity index (χ0n) is 13.8. The number of hydrogen-bond donors (Lipinski definition) is 0. The van der Waals surface area contributed by atoms with Crippen LogP contribution in [-0.2, 0) is 20.7 Å². The molecule has 1 atom stereocenters. The quantitative estimate of drug-likeness (QED) is 0.601. The van der Waals surface area contributed by atoms with Crippen molar-refractivity contribution in [3.8, 4) is 0 Å². The minimum absolute atomic E-state index is 0.203. The van der Waals surface area contributed by atoms with E-state index in [1.165, 1.54) is 13.2 Å². The van der Waals surface area contributed by atoms with Crippen LogP contribution in [0.5, 0.6) is 0 Å². The molecule has 2 rings (SSSR count). The van der Waals surface area contributed by atoms with Crippen LogP contribution in [0.1, 0.15) is 28.4 Å². The van der Waals surface area contributed by atoms with Gasteiger partial charge in [-0.2, -0.15) is 0 Å². The van der Waals surface area contributed by atoms with Gasteiger partial charge < -0.3 is 9.47 Å². The van der Waals surface area contributed by atoms with Gasteiger partial charge in [0, 0.05) is 12.5 Å². The largest absolute Gasteiger partial charge is 0.465 e. The molecule has 0 heterocycles. The van der Waals surface area contributed by atoms with Crippen LogP contribution in [0.2, 0.25) is 0 Å². The molecule has 0 N–H and O–H groups in total. The lowest BCUT2D eigenvalue weighted by Crippen LogP contribution is -2.15. The van der Waals surface area contributed by atoms with Gasteiger partial charge in [-0.25, -0.2) is 9.59 Å². The SMILES string of the molecule is COC(=O)c1ccc(/C=C/C(=O)OC(C)Cc2ccccc2)cc1. The maximum atomic E-state index is 11.9. The van der Waals surface area contributed by atoms with Gasteiger partial charge in [0.1, 0.15) is 6.10 Å². The summed E-state index contributed by atoms with van der Waals surface area (Å²) in [5, 5.41) is 0. The molecule has 0 bridgehead atoms. The standard InChI is InChI=1S/C20H20O4/c1-15(14-17-6-4-3-5-7-17)24-19(21)13-10-16-8-11-18(12-9-16)20(22)23-2/h3-13,15H,14H2,1-2H3/b13-10+. The average Bonchev–Trinajstić information content (AvgIpc) is 2.60. The van der Waals surface area contributed by atoms with Gasteiger partial charge in [0.05, 0.1) is 12.7 Å². The van der Waals surface area contributed by atoms with Crippen molar-refractivity contribution in [3.05, 3.63) is 77.4 Å². The van der Waals surface area contributed by atoms with Gasteiger partial charge in [0.15, 0.2) is 0 Å². The molecule has 0 amide bonds. The Morgan fingerprint density at radius 2 is 1.71 bits per heavy atom. The van der Waals surface area contributed by atoms with Gasteiger partial charge in [-0.1, -0.05) is 42.5 Å². The highest BCUT2D eigenvalue weighted by Crippen LogP contribution is 2.09. The Labute approximate surface area is 141 Å². The van der Waals surface area contributed by atoms with Crippen LogP contribution in [0.25, 0.3) is 6.08 Å². The molecule has 0 aliphatic rings. The van der Waals surface area contributed by atoms with Crippen molar-refractivity contribution in [2.75, 3.05) is 7.11 Å². The molecule has 2 aromatic rings. The van der Waals surface area contributed by atoms with Crippen LogP contribution in [0.15, 0.2) is 60.7 Å². The number of esters is 2. The number of hydrogen-bond acceptors (Lipinski definition) is 4. The van der Waals surface area contributed by atoms with E-state index in [4.69, 9.17) is 4.74 Å². The minimum atomic E-state index is -0.393. The third kappa shape index (κ3) is 5.39. The zero-order chi connectivity index (χ0) is 17.4. The first-order valence-corrected chi connectivity index (χ1v) is 7.69. The molecule has 2 aromatic carbocycles. The lowest BCUT2D eigenvalue weighted by atomic mass is 10.1. The summed E-state index contributed by atoms with van der Waals surface area (Å²) >= 11 is 0. The zero-order valence-corrected chi connectivity index (χ0v) is 13.8. The summed E-state index contributed by atoms with van der Waals surface area (Å²) < 4.78 is 9.99. The number of carbonyl (C=O) groups is 2. The van der Waals surface area contributed by atoms with E-state index in [9.17, 15) is 9.59 Å². The molecule has 0 fully saturated rings. The Bertz CT molecular complexity index is 702. The lowest BCUT2D eigenvalue weighted by Gasteiger charge is -2.11.